The molecular formula is C18H20N4OS. The van der Waals surface area contributed by atoms with E-state index in [0.717, 1.165) is 24.1 Å². The lowest BCUT2D eigenvalue weighted by atomic mass is 10.1. The van der Waals surface area contributed by atoms with Crippen LogP contribution in [0.15, 0.2) is 49.1 Å². The number of carbonyl (C=O) groups excluding carboxylic acids is 1. The molecule has 0 spiro atoms. The van der Waals surface area contributed by atoms with Crippen molar-refractivity contribution in [2.24, 2.45) is 0 Å². The summed E-state index contributed by atoms with van der Waals surface area (Å²) < 4.78 is 1.89. The van der Waals surface area contributed by atoms with E-state index in [9.17, 15) is 4.79 Å². The van der Waals surface area contributed by atoms with E-state index in [2.05, 4.69) is 34.6 Å². The standard InChI is InChI=1S/C18H20N4OS/c1-14-8-9-17(24-14)6-3-7-18(23)21-16-5-2-4-15(10-16)11-22-12-19-20-13-22/h2,4-5,8-10,12-13H,3,6-7,11H2,1H3,(H,21,23). The maximum Gasteiger partial charge on any atom is 0.224 e. The van der Waals surface area contributed by atoms with E-state index in [1.807, 2.05) is 28.8 Å². The lowest BCUT2D eigenvalue weighted by molar-refractivity contribution is -0.116. The molecule has 0 unspecified atom stereocenters. The van der Waals surface area contributed by atoms with Gasteiger partial charge in [-0.2, -0.15) is 0 Å². The molecule has 124 valence electrons. The maximum absolute atomic E-state index is 12.1. The lowest BCUT2D eigenvalue weighted by Crippen LogP contribution is -2.11. The summed E-state index contributed by atoms with van der Waals surface area (Å²) in [6.07, 6.45) is 5.72. The highest BCUT2D eigenvalue weighted by atomic mass is 32.1. The van der Waals surface area contributed by atoms with E-state index in [-0.39, 0.29) is 5.91 Å². The van der Waals surface area contributed by atoms with Gasteiger partial charge in [0.05, 0.1) is 6.54 Å². The zero-order valence-electron chi connectivity index (χ0n) is 13.6. The first-order valence-corrected chi connectivity index (χ1v) is 8.77. The fraction of sp³-hybridized carbons (Fsp3) is 0.278. The topological polar surface area (TPSA) is 59.8 Å². The summed E-state index contributed by atoms with van der Waals surface area (Å²) in [5.41, 5.74) is 1.93. The normalized spacial score (nSPS) is 10.7. The van der Waals surface area contributed by atoms with Crippen molar-refractivity contribution in [1.29, 1.82) is 0 Å². The molecule has 24 heavy (non-hydrogen) atoms. The highest BCUT2D eigenvalue weighted by Crippen LogP contribution is 2.18. The molecule has 2 heterocycles. The van der Waals surface area contributed by atoms with Crippen molar-refractivity contribution < 1.29 is 4.79 Å². The molecule has 0 atom stereocenters. The fourth-order valence-corrected chi connectivity index (χ4v) is 3.46. The van der Waals surface area contributed by atoms with Crippen molar-refractivity contribution >= 4 is 22.9 Å². The van der Waals surface area contributed by atoms with E-state index < -0.39 is 0 Å². The molecule has 0 saturated heterocycles. The van der Waals surface area contributed by atoms with E-state index in [1.165, 1.54) is 9.75 Å². The summed E-state index contributed by atoms with van der Waals surface area (Å²) in [4.78, 5) is 14.8. The Kier molecular flexibility index (Phi) is 5.38. The SMILES string of the molecule is Cc1ccc(CCCC(=O)Nc2cccc(Cn3cnnc3)c2)s1. The van der Waals surface area contributed by atoms with Crippen molar-refractivity contribution in [2.45, 2.75) is 32.7 Å². The third kappa shape index (κ3) is 4.76. The molecule has 0 aliphatic carbocycles. The van der Waals surface area contributed by atoms with Crippen molar-refractivity contribution in [3.8, 4) is 0 Å². The van der Waals surface area contributed by atoms with Gasteiger partial charge in [-0.05, 0) is 49.6 Å². The zero-order valence-corrected chi connectivity index (χ0v) is 14.4. The van der Waals surface area contributed by atoms with Crippen molar-refractivity contribution in [3.63, 3.8) is 0 Å². The number of carbonyl (C=O) groups is 1. The van der Waals surface area contributed by atoms with Crippen molar-refractivity contribution in [3.05, 3.63) is 64.4 Å². The minimum Gasteiger partial charge on any atom is -0.326 e. The average Bonchev–Trinajstić information content (AvgIpc) is 3.19. The molecule has 1 N–H and O–H groups in total. The number of hydrogen-bond acceptors (Lipinski definition) is 4. The van der Waals surface area contributed by atoms with Gasteiger partial charge in [0.25, 0.3) is 0 Å². The third-order valence-corrected chi connectivity index (χ3v) is 4.73. The Morgan fingerprint density at radius 2 is 2.04 bits per heavy atom. The Morgan fingerprint density at radius 3 is 2.79 bits per heavy atom. The number of nitrogens with one attached hydrogen (secondary N) is 1. The molecule has 2 aromatic heterocycles. The van der Waals surface area contributed by atoms with Crippen LogP contribution in [0.1, 0.15) is 28.2 Å². The predicted molar refractivity (Wildman–Crippen MR) is 96.2 cm³/mol. The van der Waals surface area contributed by atoms with E-state index in [4.69, 9.17) is 0 Å². The van der Waals surface area contributed by atoms with Crippen LogP contribution in [-0.4, -0.2) is 20.7 Å². The molecule has 0 radical (unpaired) electrons. The van der Waals surface area contributed by atoms with Gasteiger partial charge in [0.2, 0.25) is 5.91 Å². The molecule has 0 aliphatic heterocycles. The molecule has 1 aromatic carbocycles. The summed E-state index contributed by atoms with van der Waals surface area (Å²) in [7, 11) is 0. The zero-order chi connectivity index (χ0) is 16.8. The van der Waals surface area contributed by atoms with Gasteiger partial charge in [-0.1, -0.05) is 12.1 Å². The summed E-state index contributed by atoms with van der Waals surface area (Å²) in [6.45, 7) is 2.79. The van der Waals surface area contributed by atoms with E-state index in [1.54, 1.807) is 24.0 Å². The number of nitrogens with zero attached hydrogens (tertiary/aromatic N) is 3. The summed E-state index contributed by atoms with van der Waals surface area (Å²) in [6, 6.07) is 12.1. The number of amides is 1. The fourth-order valence-electron chi connectivity index (χ4n) is 2.53. The summed E-state index contributed by atoms with van der Waals surface area (Å²) in [5, 5.41) is 10.6. The summed E-state index contributed by atoms with van der Waals surface area (Å²) in [5.74, 6) is 0.0599. The first-order valence-electron chi connectivity index (χ1n) is 7.95. The van der Waals surface area contributed by atoms with Crippen LogP contribution in [-0.2, 0) is 17.8 Å². The van der Waals surface area contributed by atoms with Crippen LogP contribution < -0.4 is 5.32 Å². The second-order valence-corrected chi connectivity index (χ2v) is 7.12. The first kappa shape index (κ1) is 16.4. The molecule has 1 amide bonds. The second kappa shape index (κ2) is 7.88. The Morgan fingerprint density at radius 1 is 1.21 bits per heavy atom. The lowest BCUT2D eigenvalue weighted by Gasteiger charge is -2.08. The first-order chi connectivity index (χ1) is 11.7. The van der Waals surface area contributed by atoms with Gasteiger partial charge in [0.1, 0.15) is 12.7 Å². The molecule has 5 nitrogen and oxygen atoms in total. The average molecular weight is 340 g/mol. The maximum atomic E-state index is 12.1. The molecule has 0 fully saturated rings. The van der Waals surface area contributed by atoms with E-state index in [0.29, 0.717) is 13.0 Å². The number of rotatable bonds is 7. The third-order valence-electron chi connectivity index (χ3n) is 3.67. The van der Waals surface area contributed by atoms with Gasteiger partial charge in [-0.25, -0.2) is 0 Å². The van der Waals surface area contributed by atoms with Gasteiger partial charge in [0, 0.05) is 21.9 Å². The molecular weight excluding hydrogens is 320 g/mol. The number of aryl methyl sites for hydroxylation is 2. The number of benzene rings is 1. The molecule has 6 heteroatoms. The van der Waals surface area contributed by atoms with Crippen LogP contribution in [0.25, 0.3) is 0 Å². The minimum absolute atomic E-state index is 0.0599. The van der Waals surface area contributed by atoms with Crippen LogP contribution in [0, 0.1) is 6.92 Å². The summed E-state index contributed by atoms with van der Waals surface area (Å²) >= 11 is 1.80. The largest absolute Gasteiger partial charge is 0.326 e. The monoisotopic (exact) mass is 340 g/mol. The van der Waals surface area contributed by atoms with Crippen LogP contribution in [0.5, 0.6) is 0 Å². The van der Waals surface area contributed by atoms with Crippen molar-refractivity contribution in [1.82, 2.24) is 14.8 Å². The second-order valence-electron chi connectivity index (χ2n) is 5.75. The molecule has 0 bridgehead atoms. The highest BCUT2D eigenvalue weighted by Gasteiger charge is 2.05. The van der Waals surface area contributed by atoms with Crippen LogP contribution in [0.2, 0.25) is 0 Å². The van der Waals surface area contributed by atoms with Gasteiger partial charge >= 0.3 is 0 Å². The Labute approximate surface area is 145 Å². The minimum atomic E-state index is 0.0599. The smallest absolute Gasteiger partial charge is 0.224 e. The Bertz CT molecular complexity index is 795. The van der Waals surface area contributed by atoms with Crippen LogP contribution in [0.3, 0.4) is 0 Å². The van der Waals surface area contributed by atoms with Gasteiger partial charge in [-0.15, -0.1) is 21.5 Å². The van der Waals surface area contributed by atoms with Crippen LogP contribution in [0.4, 0.5) is 5.69 Å². The molecule has 3 rings (SSSR count). The number of anilines is 1. The van der Waals surface area contributed by atoms with Gasteiger partial charge in [0.15, 0.2) is 0 Å². The molecule has 0 aliphatic rings. The number of hydrogen-bond donors (Lipinski definition) is 1. The predicted octanol–water partition coefficient (Wildman–Crippen LogP) is 3.66. The Balaban J connectivity index is 1.48. The molecule has 0 saturated carbocycles. The van der Waals surface area contributed by atoms with Crippen molar-refractivity contribution in [2.75, 3.05) is 5.32 Å². The quantitative estimate of drug-likeness (QED) is 0.714. The van der Waals surface area contributed by atoms with Crippen LogP contribution >= 0.6 is 11.3 Å². The number of thiophene rings is 1. The Hall–Kier alpha value is -2.47. The molecule has 3 aromatic rings. The number of aromatic nitrogens is 3. The van der Waals surface area contributed by atoms with Gasteiger partial charge < -0.3 is 9.88 Å². The highest BCUT2D eigenvalue weighted by molar-refractivity contribution is 7.11. The van der Waals surface area contributed by atoms with E-state index >= 15 is 0 Å². The van der Waals surface area contributed by atoms with Gasteiger partial charge in [-0.3, -0.25) is 4.79 Å².